The molecule has 0 saturated heterocycles. The number of amides is 1. The number of hydrogen-bond donors (Lipinski definition) is 2. The third-order valence-electron chi connectivity index (χ3n) is 3.68. The first-order valence-electron chi connectivity index (χ1n) is 7.93. The van der Waals surface area contributed by atoms with Gasteiger partial charge in [0.15, 0.2) is 0 Å². The van der Waals surface area contributed by atoms with Crippen LogP contribution in [0.25, 0.3) is 0 Å². The monoisotopic (exact) mass is 326 g/mol. The van der Waals surface area contributed by atoms with E-state index < -0.39 is 23.3 Å². The lowest BCUT2D eigenvalue weighted by atomic mass is 9.91. The Kier molecular flexibility index (Phi) is 5.44. The molecule has 1 amide bonds. The zero-order valence-electron chi connectivity index (χ0n) is 13.8. The molecule has 2 N–H and O–H groups in total. The molecule has 1 aliphatic carbocycles. The van der Waals surface area contributed by atoms with Crippen molar-refractivity contribution in [1.29, 1.82) is 0 Å². The van der Waals surface area contributed by atoms with E-state index in [0.29, 0.717) is 5.69 Å². The van der Waals surface area contributed by atoms with Crippen LogP contribution in [0.2, 0.25) is 0 Å². The molecule has 23 heavy (non-hydrogen) atoms. The Bertz CT molecular complexity index is 530. The van der Waals surface area contributed by atoms with E-state index in [1.165, 1.54) is 12.1 Å². The second kappa shape index (κ2) is 7.15. The van der Waals surface area contributed by atoms with E-state index in [1.807, 2.05) is 20.8 Å². The van der Waals surface area contributed by atoms with Gasteiger partial charge in [0, 0.05) is 23.8 Å². The summed E-state index contributed by atoms with van der Waals surface area (Å²) in [5.41, 5.74) is -0.0596. The van der Waals surface area contributed by atoms with Crippen molar-refractivity contribution in [2.75, 3.05) is 5.32 Å². The van der Waals surface area contributed by atoms with Crippen molar-refractivity contribution in [3.8, 4) is 0 Å². The molecule has 1 fully saturated rings. The molecule has 0 spiro atoms. The van der Waals surface area contributed by atoms with Gasteiger partial charge in [0.25, 0.3) is 0 Å². The first-order chi connectivity index (χ1) is 10.7. The second-order valence-electron chi connectivity index (χ2n) is 7.00. The van der Waals surface area contributed by atoms with Crippen molar-refractivity contribution in [3.63, 3.8) is 0 Å². The minimum atomic E-state index is -0.590. The van der Waals surface area contributed by atoms with E-state index in [1.54, 1.807) is 0 Å². The number of anilines is 1. The maximum Gasteiger partial charge on any atom is 0.407 e. The van der Waals surface area contributed by atoms with E-state index in [9.17, 15) is 13.6 Å². The lowest BCUT2D eigenvalue weighted by molar-refractivity contribution is 0.0492. The van der Waals surface area contributed by atoms with Gasteiger partial charge in [-0.2, -0.15) is 0 Å². The molecule has 0 bridgehead atoms. The summed E-state index contributed by atoms with van der Waals surface area (Å²) < 4.78 is 31.6. The molecule has 1 aliphatic rings. The van der Waals surface area contributed by atoms with Crippen LogP contribution in [-0.4, -0.2) is 23.8 Å². The van der Waals surface area contributed by atoms with Gasteiger partial charge < -0.3 is 15.4 Å². The summed E-state index contributed by atoms with van der Waals surface area (Å²) >= 11 is 0. The number of benzene rings is 1. The van der Waals surface area contributed by atoms with Crippen molar-refractivity contribution in [2.45, 2.75) is 64.1 Å². The molecule has 4 nitrogen and oxygen atoms in total. The van der Waals surface area contributed by atoms with E-state index in [0.717, 1.165) is 31.7 Å². The predicted octanol–water partition coefficient (Wildman–Crippen LogP) is 4.21. The van der Waals surface area contributed by atoms with Crippen LogP contribution in [0.15, 0.2) is 18.2 Å². The molecule has 1 aromatic carbocycles. The number of alkyl carbamates (subject to hydrolysis) is 1. The minimum absolute atomic E-state index is 0.0761. The number of ether oxygens (including phenoxy) is 1. The fraction of sp³-hybridized carbons (Fsp3) is 0.588. The Morgan fingerprint density at radius 3 is 2.09 bits per heavy atom. The molecule has 0 aromatic heterocycles. The average molecular weight is 326 g/mol. The van der Waals surface area contributed by atoms with Crippen LogP contribution in [0, 0.1) is 11.6 Å². The highest BCUT2D eigenvalue weighted by atomic mass is 19.1. The van der Waals surface area contributed by atoms with E-state index in [2.05, 4.69) is 10.6 Å². The lowest BCUT2D eigenvalue weighted by Gasteiger charge is -2.31. The fourth-order valence-electron chi connectivity index (χ4n) is 2.73. The molecule has 6 heteroatoms. The standard InChI is InChI=1S/C17H24F2N2O2/c1-17(2,3)23-16(22)21-14-6-4-13(5-7-14)20-15-9-11(18)8-12(19)10-15/h8-10,13-14,20H,4-7H2,1-3H3,(H,21,22). The Morgan fingerprint density at radius 2 is 1.57 bits per heavy atom. The van der Waals surface area contributed by atoms with Crippen LogP contribution in [0.4, 0.5) is 19.3 Å². The molecule has 0 unspecified atom stereocenters. The van der Waals surface area contributed by atoms with Gasteiger partial charge in [0.2, 0.25) is 0 Å². The summed E-state index contributed by atoms with van der Waals surface area (Å²) in [6.45, 7) is 5.47. The van der Waals surface area contributed by atoms with Gasteiger partial charge >= 0.3 is 6.09 Å². The molecule has 1 aromatic rings. The number of nitrogens with one attached hydrogen (secondary N) is 2. The van der Waals surface area contributed by atoms with Crippen LogP contribution in [-0.2, 0) is 4.74 Å². The van der Waals surface area contributed by atoms with E-state index >= 15 is 0 Å². The van der Waals surface area contributed by atoms with Crippen molar-refractivity contribution in [3.05, 3.63) is 29.8 Å². The normalized spacial score (nSPS) is 21.6. The van der Waals surface area contributed by atoms with Crippen molar-refractivity contribution in [2.24, 2.45) is 0 Å². The number of halogens is 2. The van der Waals surface area contributed by atoms with Crippen molar-refractivity contribution < 1.29 is 18.3 Å². The summed E-state index contributed by atoms with van der Waals surface area (Å²) in [4.78, 5) is 11.7. The molecule has 0 radical (unpaired) electrons. The van der Waals surface area contributed by atoms with Gasteiger partial charge in [-0.1, -0.05) is 0 Å². The third-order valence-corrected chi connectivity index (χ3v) is 3.68. The maximum atomic E-state index is 13.2. The summed E-state index contributed by atoms with van der Waals surface area (Å²) in [5, 5.41) is 6.02. The van der Waals surface area contributed by atoms with Crippen molar-refractivity contribution in [1.82, 2.24) is 5.32 Å². The van der Waals surface area contributed by atoms with Crippen molar-refractivity contribution >= 4 is 11.8 Å². The Morgan fingerprint density at radius 1 is 1.04 bits per heavy atom. The highest BCUT2D eigenvalue weighted by molar-refractivity contribution is 5.68. The molecule has 0 aliphatic heterocycles. The highest BCUT2D eigenvalue weighted by Crippen LogP contribution is 2.23. The van der Waals surface area contributed by atoms with Gasteiger partial charge in [-0.15, -0.1) is 0 Å². The molecule has 2 rings (SSSR count). The largest absolute Gasteiger partial charge is 0.444 e. The van der Waals surface area contributed by atoms with Gasteiger partial charge in [-0.05, 0) is 58.6 Å². The molecule has 0 heterocycles. The van der Waals surface area contributed by atoms with Crippen LogP contribution in [0.1, 0.15) is 46.5 Å². The lowest BCUT2D eigenvalue weighted by Crippen LogP contribution is -2.42. The zero-order valence-corrected chi connectivity index (χ0v) is 13.8. The van der Waals surface area contributed by atoms with Gasteiger partial charge in [-0.3, -0.25) is 0 Å². The molecule has 0 atom stereocenters. The number of rotatable bonds is 3. The smallest absolute Gasteiger partial charge is 0.407 e. The molecule has 1 saturated carbocycles. The molecular weight excluding hydrogens is 302 g/mol. The highest BCUT2D eigenvalue weighted by Gasteiger charge is 2.24. The Labute approximate surface area is 135 Å². The van der Waals surface area contributed by atoms with Gasteiger partial charge in [-0.25, -0.2) is 13.6 Å². The van der Waals surface area contributed by atoms with E-state index in [4.69, 9.17) is 4.74 Å². The first kappa shape index (κ1) is 17.5. The quantitative estimate of drug-likeness (QED) is 0.875. The molecular formula is C17H24F2N2O2. The summed E-state index contributed by atoms with van der Waals surface area (Å²) in [7, 11) is 0. The summed E-state index contributed by atoms with van der Waals surface area (Å²) in [5.74, 6) is -1.18. The SMILES string of the molecule is CC(C)(C)OC(=O)NC1CCC(Nc2cc(F)cc(F)c2)CC1. The number of hydrogen-bond acceptors (Lipinski definition) is 3. The predicted molar refractivity (Wildman–Crippen MR) is 85.4 cm³/mol. The van der Waals surface area contributed by atoms with E-state index in [-0.39, 0.29) is 12.1 Å². The van der Waals surface area contributed by atoms with Crippen LogP contribution < -0.4 is 10.6 Å². The van der Waals surface area contributed by atoms with Crippen LogP contribution in [0.3, 0.4) is 0 Å². The summed E-state index contributed by atoms with van der Waals surface area (Å²) in [6, 6.07) is 3.65. The first-order valence-corrected chi connectivity index (χ1v) is 7.93. The number of carbonyl (C=O) groups excluding carboxylic acids is 1. The Balaban J connectivity index is 1.78. The fourth-order valence-corrected chi connectivity index (χ4v) is 2.73. The van der Waals surface area contributed by atoms with Gasteiger partial charge in [0.1, 0.15) is 17.2 Å². The third kappa shape index (κ3) is 6.04. The Hall–Kier alpha value is -1.85. The van der Waals surface area contributed by atoms with Crippen LogP contribution in [0.5, 0.6) is 0 Å². The minimum Gasteiger partial charge on any atom is -0.444 e. The van der Waals surface area contributed by atoms with Gasteiger partial charge in [0.05, 0.1) is 0 Å². The zero-order chi connectivity index (χ0) is 17.0. The average Bonchev–Trinajstić information content (AvgIpc) is 2.37. The second-order valence-corrected chi connectivity index (χ2v) is 7.00. The number of carbonyl (C=O) groups is 1. The maximum absolute atomic E-state index is 13.2. The summed E-state index contributed by atoms with van der Waals surface area (Å²) in [6.07, 6.45) is 2.83. The molecule has 128 valence electrons. The topological polar surface area (TPSA) is 50.4 Å². The van der Waals surface area contributed by atoms with Crippen LogP contribution >= 0.6 is 0 Å².